The van der Waals surface area contributed by atoms with Crippen LogP contribution < -0.4 is 0 Å². The third-order valence-corrected chi connectivity index (χ3v) is 3.34. The van der Waals surface area contributed by atoms with E-state index in [-0.39, 0.29) is 13.0 Å². The summed E-state index contributed by atoms with van der Waals surface area (Å²) in [5.41, 5.74) is 3.64. The third-order valence-electron chi connectivity index (χ3n) is 3.34. The molecule has 7 nitrogen and oxygen atoms in total. The molecule has 7 heteroatoms. The Morgan fingerprint density at radius 3 is 2.90 bits per heavy atom. The van der Waals surface area contributed by atoms with E-state index in [1.165, 1.54) is 0 Å². The number of hydrogen-bond donors (Lipinski definition) is 2. The zero-order chi connectivity index (χ0) is 15.2. The van der Waals surface area contributed by atoms with Crippen LogP contribution in [0.3, 0.4) is 0 Å². The Morgan fingerprint density at radius 2 is 2.19 bits per heavy atom. The van der Waals surface area contributed by atoms with E-state index < -0.39 is 5.97 Å². The number of benzene rings is 1. The maximum atomic E-state index is 10.7. The number of nitrogens with zero attached hydrogens (tertiary/aromatic N) is 3. The van der Waals surface area contributed by atoms with Crippen molar-refractivity contribution in [3.05, 3.63) is 23.3 Å². The van der Waals surface area contributed by atoms with Crippen LogP contribution in [0, 0.1) is 6.92 Å². The highest BCUT2D eigenvalue weighted by molar-refractivity contribution is 5.79. The number of rotatable bonds is 8. The number of aliphatic carboxylic acids is 1. The monoisotopic (exact) mass is 293 g/mol. The second-order valence-electron chi connectivity index (χ2n) is 4.76. The lowest BCUT2D eigenvalue weighted by Crippen LogP contribution is -2.09. The van der Waals surface area contributed by atoms with Crippen molar-refractivity contribution in [1.82, 2.24) is 15.0 Å². The van der Waals surface area contributed by atoms with Crippen LogP contribution in [0.4, 0.5) is 0 Å². The van der Waals surface area contributed by atoms with Gasteiger partial charge in [-0.15, -0.1) is 5.10 Å². The van der Waals surface area contributed by atoms with Gasteiger partial charge in [-0.1, -0.05) is 11.3 Å². The molecule has 0 saturated heterocycles. The number of aliphatic hydroxyl groups excluding tert-OH is 1. The lowest BCUT2D eigenvalue weighted by Gasteiger charge is -2.06. The molecule has 0 fully saturated rings. The molecule has 1 heterocycles. The first-order valence-corrected chi connectivity index (χ1v) is 6.85. The summed E-state index contributed by atoms with van der Waals surface area (Å²) in [7, 11) is 0. The largest absolute Gasteiger partial charge is 0.481 e. The highest BCUT2D eigenvalue weighted by Gasteiger charge is 2.11. The Balaban J connectivity index is 2.13. The fraction of sp³-hybridized carbons (Fsp3) is 0.500. The summed E-state index contributed by atoms with van der Waals surface area (Å²) < 4.78 is 6.97. The fourth-order valence-electron chi connectivity index (χ4n) is 2.20. The summed E-state index contributed by atoms with van der Waals surface area (Å²) in [4.78, 5) is 10.7. The van der Waals surface area contributed by atoms with Gasteiger partial charge in [-0.2, -0.15) is 0 Å². The fourth-order valence-corrected chi connectivity index (χ4v) is 2.20. The zero-order valence-corrected chi connectivity index (χ0v) is 11.9. The van der Waals surface area contributed by atoms with Gasteiger partial charge in [0, 0.05) is 6.42 Å². The van der Waals surface area contributed by atoms with Gasteiger partial charge in [0.15, 0.2) is 0 Å². The Bertz CT molecular complexity index is 624. The predicted molar refractivity (Wildman–Crippen MR) is 76.1 cm³/mol. The van der Waals surface area contributed by atoms with Crippen molar-refractivity contribution < 1.29 is 19.7 Å². The van der Waals surface area contributed by atoms with Crippen LogP contribution in [0.1, 0.15) is 17.5 Å². The first-order chi connectivity index (χ1) is 10.1. The van der Waals surface area contributed by atoms with Gasteiger partial charge in [0.25, 0.3) is 0 Å². The predicted octanol–water partition coefficient (Wildman–Crippen LogP) is 0.766. The van der Waals surface area contributed by atoms with Crippen molar-refractivity contribution in [3.8, 4) is 0 Å². The minimum absolute atomic E-state index is 0.00412. The van der Waals surface area contributed by atoms with Crippen molar-refractivity contribution in [1.29, 1.82) is 0 Å². The molecule has 0 spiro atoms. The van der Waals surface area contributed by atoms with E-state index in [2.05, 4.69) is 10.3 Å². The lowest BCUT2D eigenvalue weighted by molar-refractivity contribution is -0.136. The molecular weight excluding hydrogens is 274 g/mol. The minimum atomic E-state index is -0.806. The summed E-state index contributed by atoms with van der Waals surface area (Å²) >= 11 is 0. The van der Waals surface area contributed by atoms with Crippen molar-refractivity contribution in [3.63, 3.8) is 0 Å². The molecular formula is C14H19N3O4. The normalized spacial score (nSPS) is 11.1. The summed E-state index contributed by atoms with van der Waals surface area (Å²) in [6.07, 6.45) is 0.596. The van der Waals surface area contributed by atoms with Crippen molar-refractivity contribution in [2.75, 3.05) is 19.8 Å². The maximum Gasteiger partial charge on any atom is 0.303 e. The van der Waals surface area contributed by atoms with E-state index in [0.717, 1.165) is 22.2 Å². The molecule has 114 valence electrons. The molecule has 21 heavy (non-hydrogen) atoms. The van der Waals surface area contributed by atoms with Crippen LogP contribution in [-0.2, 0) is 22.5 Å². The molecule has 1 aromatic heterocycles. The number of aromatic nitrogens is 3. The van der Waals surface area contributed by atoms with E-state index in [1.807, 2.05) is 19.1 Å². The Kier molecular flexibility index (Phi) is 5.24. The SMILES string of the molecule is Cc1c(CCC(=O)O)ccc2c1nnn2CCOCCO. The quantitative estimate of drug-likeness (QED) is 0.698. The molecule has 0 bridgehead atoms. The van der Waals surface area contributed by atoms with E-state index in [0.29, 0.717) is 26.2 Å². The van der Waals surface area contributed by atoms with Crippen molar-refractivity contribution in [2.24, 2.45) is 0 Å². The number of carboxylic acid groups (broad SMARTS) is 1. The number of aliphatic hydroxyl groups is 1. The molecule has 0 aliphatic rings. The Hall–Kier alpha value is -1.99. The molecule has 0 aliphatic carbocycles. The second kappa shape index (κ2) is 7.14. The zero-order valence-electron chi connectivity index (χ0n) is 11.9. The van der Waals surface area contributed by atoms with E-state index >= 15 is 0 Å². The van der Waals surface area contributed by atoms with Crippen LogP contribution in [0.5, 0.6) is 0 Å². The highest BCUT2D eigenvalue weighted by atomic mass is 16.5. The number of ether oxygens (including phenoxy) is 1. The van der Waals surface area contributed by atoms with Crippen LogP contribution in [0.15, 0.2) is 12.1 Å². The van der Waals surface area contributed by atoms with E-state index in [9.17, 15) is 4.79 Å². The third kappa shape index (κ3) is 3.77. The smallest absolute Gasteiger partial charge is 0.303 e. The number of hydrogen-bond acceptors (Lipinski definition) is 5. The van der Waals surface area contributed by atoms with Crippen LogP contribution in [0.25, 0.3) is 11.0 Å². The van der Waals surface area contributed by atoms with E-state index in [4.69, 9.17) is 14.9 Å². The summed E-state index contributed by atoms with van der Waals surface area (Å²) in [6.45, 7) is 3.26. The van der Waals surface area contributed by atoms with Gasteiger partial charge in [-0.05, 0) is 30.5 Å². The molecule has 0 aliphatic heterocycles. The first-order valence-electron chi connectivity index (χ1n) is 6.85. The Morgan fingerprint density at radius 1 is 1.38 bits per heavy atom. The molecule has 0 radical (unpaired) electrons. The van der Waals surface area contributed by atoms with Gasteiger partial charge in [0.1, 0.15) is 5.52 Å². The standard InChI is InChI=1S/C14H19N3O4/c1-10-11(3-5-13(19)20)2-4-12-14(10)15-16-17(12)6-8-21-9-7-18/h2,4,18H,3,5-9H2,1H3,(H,19,20). The number of fused-ring (bicyclic) bond motifs is 1. The van der Waals surface area contributed by atoms with Gasteiger partial charge < -0.3 is 14.9 Å². The molecule has 0 unspecified atom stereocenters. The van der Waals surface area contributed by atoms with Crippen LogP contribution >= 0.6 is 0 Å². The van der Waals surface area contributed by atoms with Crippen molar-refractivity contribution >= 4 is 17.0 Å². The van der Waals surface area contributed by atoms with E-state index in [1.54, 1.807) is 4.68 Å². The molecule has 2 rings (SSSR count). The van der Waals surface area contributed by atoms with Crippen LogP contribution in [0.2, 0.25) is 0 Å². The number of carboxylic acids is 1. The molecule has 2 N–H and O–H groups in total. The van der Waals surface area contributed by atoms with Gasteiger partial charge in [0.05, 0.1) is 31.9 Å². The number of aryl methyl sites for hydroxylation is 2. The molecule has 2 aromatic rings. The lowest BCUT2D eigenvalue weighted by atomic mass is 10.0. The number of carbonyl (C=O) groups is 1. The topological polar surface area (TPSA) is 97.5 Å². The molecule has 0 saturated carbocycles. The maximum absolute atomic E-state index is 10.7. The first kappa shape index (κ1) is 15.4. The average molecular weight is 293 g/mol. The molecule has 0 atom stereocenters. The van der Waals surface area contributed by atoms with Crippen molar-refractivity contribution in [2.45, 2.75) is 26.3 Å². The van der Waals surface area contributed by atoms with Crippen LogP contribution in [-0.4, -0.2) is 51.0 Å². The second-order valence-corrected chi connectivity index (χ2v) is 4.76. The van der Waals surface area contributed by atoms with Gasteiger partial charge in [-0.25, -0.2) is 4.68 Å². The average Bonchev–Trinajstić information content (AvgIpc) is 2.87. The summed E-state index contributed by atoms with van der Waals surface area (Å²) in [5.74, 6) is -0.806. The Labute approximate surface area is 122 Å². The van der Waals surface area contributed by atoms with Gasteiger partial charge in [-0.3, -0.25) is 4.79 Å². The molecule has 0 amide bonds. The molecule has 1 aromatic carbocycles. The minimum Gasteiger partial charge on any atom is -0.481 e. The highest BCUT2D eigenvalue weighted by Crippen LogP contribution is 2.20. The van der Waals surface area contributed by atoms with Gasteiger partial charge in [0.2, 0.25) is 0 Å². The summed E-state index contributed by atoms with van der Waals surface area (Å²) in [5, 5.41) is 25.7. The van der Waals surface area contributed by atoms with Gasteiger partial charge >= 0.3 is 5.97 Å². The summed E-state index contributed by atoms with van der Waals surface area (Å²) in [6, 6.07) is 3.83.